The number of halogens is 2. The summed E-state index contributed by atoms with van der Waals surface area (Å²) in [7, 11) is 0. The maximum Gasteiger partial charge on any atom is 0.234 e. The molecular weight excluding hydrogens is 415 g/mol. The van der Waals surface area contributed by atoms with Gasteiger partial charge in [-0.2, -0.15) is 0 Å². The fraction of sp³-hybridized carbons (Fsp3) is 0.150. The van der Waals surface area contributed by atoms with Gasteiger partial charge in [-0.3, -0.25) is 9.36 Å². The van der Waals surface area contributed by atoms with Crippen LogP contribution in [0.2, 0.25) is 5.02 Å². The molecule has 6 nitrogen and oxygen atoms in total. The summed E-state index contributed by atoms with van der Waals surface area (Å²) in [5, 5.41) is 11.6. The van der Waals surface area contributed by atoms with Gasteiger partial charge in [0, 0.05) is 18.3 Å². The average Bonchev–Trinajstić information content (AvgIpc) is 3.10. The first-order chi connectivity index (χ1) is 14.1. The van der Waals surface area contributed by atoms with Crippen molar-refractivity contribution in [1.82, 2.24) is 14.8 Å². The molecule has 9 heteroatoms. The number of thioether (sulfide) groups is 1. The number of hydrogen-bond acceptors (Lipinski definition) is 5. The molecule has 2 aromatic carbocycles. The minimum absolute atomic E-state index is 0.0178. The van der Waals surface area contributed by atoms with E-state index in [0.717, 1.165) is 5.69 Å². The highest BCUT2D eigenvalue weighted by atomic mass is 35.5. The summed E-state index contributed by atoms with van der Waals surface area (Å²) in [5.41, 5.74) is 0.734. The van der Waals surface area contributed by atoms with E-state index in [0.29, 0.717) is 23.3 Å². The molecular formula is C20H18ClFN4O2S. The van der Waals surface area contributed by atoms with Gasteiger partial charge in [0.05, 0.1) is 10.8 Å². The third-order valence-electron chi connectivity index (χ3n) is 3.75. The second-order valence-electron chi connectivity index (χ2n) is 5.87. The number of hydrogen-bond donors (Lipinski definition) is 1. The maximum atomic E-state index is 13.3. The van der Waals surface area contributed by atoms with Crippen LogP contribution in [0.1, 0.15) is 5.82 Å². The fourth-order valence-corrected chi connectivity index (χ4v) is 3.35. The standard InChI is InChI=1S/C20H18ClFN4O2S/c1-2-10-26-18(12-28-15-8-9-17(22)16(21)11-15)24-25-20(26)29-13-19(27)23-14-6-4-3-5-7-14/h2-9,11H,1,10,12-13H2,(H,23,27). The largest absolute Gasteiger partial charge is 0.486 e. The minimum Gasteiger partial charge on any atom is -0.486 e. The van der Waals surface area contributed by atoms with Gasteiger partial charge in [-0.15, -0.1) is 16.8 Å². The van der Waals surface area contributed by atoms with Crippen LogP contribution in [0.5, 0.6) is 5.75 Å². The number of nitrogens with one attached hydrogen (secondary N) is 1. The summed E-state index contributed by atoms with van der Waals surface area (Å²) in [6.45, 7) is 4.31. The molecule has 0 atom stereocenters. The molecule has 0 saturated carbocycles. The van der Waals surface area contributed by atoms with Crippen LogP contribution < -0.4 is 10.1 Å². The zero-order valence-corrected chi connectivity index (χ0v) is 16.9. The van der Waals surface area contributed by atoms with Gasteiger partial charge in [0.2, 0.25) is 5.91 Å². The Morgan fingerprint density at radius 3 is 2.79 bits per heavy atom. The Morgan fingerprint density at radius 2 is 2.07 bits per heavy atom. The second-order valence-corrected chi connectivity index (χ2v) is 7.22. The van der Waals surface area contributed by atoms with Crippen molar-refractivity contribution in [3.05, 3.63) is 77.9 Å². The van der Waals surface area contributed by atoms with Crippen molar-refractivity contribution in [1.29, 1.82) is 0 Å². The molecule has 150 valence electrons. The summed E-state index contributed by atoms with van der Waals surface area (Å²) in [6.07, 6.45) is 1.70. The lowest BCUT2D eigenvalue weighted by Crippen LogP contribution is -2.14. The van der Waals surface area contributed by atoms with Gasteiger partial charge < -0.3 is 10.1 Å². The van der Waals surface area contributed by atoms with E-state index in [1.54, 1.807) is 10.6 Å². The quantitative estimate of drug-likeness (QED) is 0.396. The van der Waals surface area contributed by atoms with Gasteiger partial charge in [0.15, 0.2) is 11.0 Å². The lowest BCUT2D eigenvalue weighted by atomic mass is 10.3. The van der Waals surface area contributed by atoms with Gasteiger partial charge in [-0.1, -0.05) is 47.6 Å². The maximum absolute atomic E-state index is 13.3. The summed E-state index contributed by atoms with van der Waals surface area (Å²) in [4.78, 5) is 12.2. The van der Waals surface area contributed by atoms with E-state index >= 15 is 0 Å². The molecule has 29 heavy (non-hydrogen) atoms. The molecule has 0 spiro atoms. The first-order valence-corrected chi connectivity index (χ1v) is 10.0. The molecule has 0 bridgehead atoms. The third kappa shape index (κ3) is 5.82. The van der Waals surface area contributed by atoms with Crippen molar-refractivity contribution in [3.8, 4) is 5.75 Å². The van der Waals surface area contributed by atoms with Crippen LogP contribution in [0.3, 0.4) is 0 Å². The molecule has 1 N–H and O–H groups in total. The fourth-order valence-electron chi connectivity index (χ4n) is 2.41. The first kappa shape index (κ1) is 20.9. The monoisotopic (exact) mass is 432 g/mol. The van der Waals surface area contributed by atoms with E-state index in [1.165, 1.54) is 30.0 Å². The molecule has 1 aromatic heterocycles. The molecule has 0 aliphatic rings. The number of nitrogens with zero attached hydrogens (tertiary/aromatic N) is 3. The van der Waals surface area contributed by atoms with Crippen LogP contribution in [0.25, 0.3) is 0 Å². The highest BCUT2D eigenvalue weighted by Gasteiger charge is 2.14. The summed E-state index contributed by atoms with van der Waals surface area (Å²) in [6, 6.07) is 13.3. The predicted octanol–water partition coefficient (Wildman–Crippen LogP) is 4.57. The van der Waals surface area contributed by atoms with Crippen molar-refractivity contribution in [2.45, 2.75) is 18.3 Å². The van der Waals surface area contributed by atoms with Gasteiger partial charge >= 0.3 is 0 Å². The van der Waals surface area contributed by atoms with E-state index < -0.39 is 5.82 Å². The second kappa shape index (κ2) is 10.1. The van der Waals surface area contributed by atoms with Gasteiger partial charge in [0.25, 0.3) is 0 Å². The predicted molar refractivity (Wildman–Crippen MR) is 112 cm³/mol. The number of aromatic nitrogens is 3. The van der Waals surface area contributed by atoms with Crippen molar-refractivity contribution >= 4 is 35.0 Å². The Morgan fingerprint density at radius 1 is 1.28 bits per heavy atom. The normalized spacial score (nSPS) is 10.6. The molecule has 0 aliphatic carbocycles. The zero-order valence-electron chi connectivity index (χ0n) is 15.3. The van der Waals surface area contributed by atoms with Crippen LogP contribution in [0.15, 0.2) is 66.3 Å². The van der Waals surface area contributed by atoms with Gasteiger partial charge in [0.1, 0.15) is 18.2 Å². The molecule has 0 saturated heterocycles. The number of allylic oxidation sites excluding steroid dienone is 1. The number of carbonyl (C=O) groups is 1. The Hall–Kier alpha value is -2.84. The highest BCUT2D eigenvalue weighted by molar-refractivity contribution is 7.99. The smallest absolute Gasteiger partial charge is 0.234 e. The van der Waals surface area contributed by atoms with E-state index in [-0.39, 0.29) is 23.3 Å². The molecule has 0 fully saturated rings. The number of anilines is 1. The van der Waals surface area contributed by atoms with Crippen LogP contribution in [0.4, 0.5) is 10.1 Å². The van der Waals surface area contributed by atoms with Crippen LogP contribution >= 0.6 is 23.4 Å². The molecule has 1 heterocycles. The van der Waals surface area contributed by atoms with E-state index in [1.807, 2.05) is 30.3 Å². The lowest BCUT2D eigenvalue weighted by Gasteiger charge is -2.09. The van der Waals surface area contributed by atoms with Crippen molar-refractivity contribution < 1.29 is 13.9 Å². The third-order valence-corrected chi connectivity index (χ3v) is 5.01. The molecule has 3 aromatic rings. The van der Waals surface area contributed by atoms with Crippen LogP contribution in [-0.2, 0) is 17.9 Å². The van der Waals surface area contributed by atoms with Gasteiger partial charge in [-0.25, -0.2) is 4.39 Å². The number of benzene rings is 2. The molecule has 3 rings (SSSR count). The Kier molecular flexibility index (Phi) is 7.26. The Labute approximate surface area is 176 Å². The topological polar surface area (TPSA) is 69.0 Å². The number of amides is 1. The van der Waals surface area contributed by atoms with Gasteiger partial charge in [-0.05, 0) is 24.3 Å². The molecule has 1 amide bonds. The molecule has 0 radical (unpaired) electrons. The van der Waals surface area contributed by atoms with E-state index in [2.05, 4.69) is 22.1 Å². The molecule has 0 unspecified atom stereocenters. The first-order valence-electron chi connectivity index (χ1n) is 8.65. The number of ether oxygens (including phenoxy) is 1. The van der Waals surface area contributed by atoms with Crippen molar-refractivity contribution in [3.63, 3.8) is 0 Å². The molecule has 0 aliphatic heterocycles. The van der Waals surface area contributed by atoms with Crippen molar-refractivity contribution in [2.75, 3.05) is 11.1 Å². The SMILES string of the molecule is C=CCn1c(COc2ccc(F)c(Cl)c2)nnc1SCC(=O)Nc1ccccc1. The Balaban J connectivity index is 1.62. The average molecular weight is 433 g/mol. The highest BCUT2D eigenvalue weighted by Crippen LogP contribution is 2.23. The van der Waals surface area contributed by atoms with Crippen molar-refractivity contribution in [2.24, 2.45) is 0 Å². The summed E-state index contributed by atoms with van der Waals surface area (Å²) < 4.78 is 20.7. The van der Waals surface area contributed by atoms with E-state index in [9.17, 15) is 9.18 Å². The summed E-state index contributed by atoms with van der Waals surface area (Å²) >= 11 is 7.03. The number of carbonyl (C=O) groups excluding carboxylic acids is 1. The van der Waals surface area contributed by atoms with Crippen LogP contribution in [-0.4, -0.2) is 26.4 Å². The van der Waals surface area contributed by atoms with E-state index in [4.69, 9.17) is 16.3 Å². The Bertz CT molecular complexity index is 997. The zero-order chi connectivity index (χ0) is 20.6. The summed E-state index contributed by atoms with van der Waals surface area (Å²) in [5.74, 6) is 0.491. The minimum atomic E-state index is -0.513. The number of para-hydroxylation sites is 1. The van der Waals surface area contributed by atoms with Crippen LogP contribution in [0, 0.1) is 5.82 Å². The number of rotatable bonds is 9. The lowest BCUT2D eigenvalue weighted by molar-refractivity contribution is -0.113.